The lowest BCUT2D eigenvalue weighted by atomic mass is 10.0. The molecule has 0 radical (unpaired) electrons. The van der Waals surface area contributed by atoms with Crippen LogP contribution in [0.25, 0.3) is 0 Å². The van der Waals surface area contributed by atoms with E-state index in [-0.39, 0.29) is 5.97 Å². The van der Waals surface area contributed by atoms with Crippen LogP contribution in [0.15, 0.2) is 24.3 Å². The highest BCUT2D eigenvalue weighted by molar-refractivity contribution is 5.91. The van der Waals surface area contributed by atoms with Gasteiger partial charge in [0, 0.05) is 19.1 Å². The number of esters is 2. The lowest BCUT2D eigenvalue weighted by Gasteiger charge is -2.04. The standard InChI is InChI=1S/C52H98O4/c1-2-3-4-5-6-7-8-30-33-36-39-42-45-48-51(54)56-52(55)49-46-43-40-37-34-31-28-26-24-22-20-18-16-14-12-10-9-11-13-15-17-19-21-23-25-27-29-32-35-38-41-44-47-50-53/h7-8,46,49,53H,2-6,9-45,47-48,50H2,1H3/b8-7-,49-46?. The van der Waals surface area contributed by atoms with E-state index in [4.69, 9.17) is 9.84 Å². The quantitative estimate of drug-likeness (QED) is 0.0219. The van der Waals surface area contributed by atoms with E-state index in [0.717, 1.165) is 44.9 Å². The van der Waals surface area contributed by atoms with E-state index in [0.29, 0.717) is 13.0 Å². The van der Waals surface area contributed by atoms with E-state index in [2.05, 4.69) is 19.1 Å². The van der Waals surface area contributed by atoms with Crippen LogP contribution in [0.5, 0.6) is 0 Å². The molecule has 0 saturated heterocycles. The summed E-state index contributed by atoms with van der Waals surface area (Å²) in [5.74, 6) is -0.895. The molecule has 0 rings (SSSR count). The summed E-state index contributed by atoms with van der Waals surface area (Å²) in [6.07, 6.45) is 65.0. The summed E-state index contributed by atoms with van der Waals surface area (Å²) in [4.78, 5) is 23.9. The fourth-order valence-corrected chi connectivity index (χ4v) is 7.86. The first kappa shape index (κ1) is 54.6. The first-order valence-corrected chi connectivity index (χ1v) is 25.4. The molecule has 0 aliphatic rings. The second kappa shape index (κ2) is 49.7. The molecular formula is C52H98O4. The zero-order chi connectivity index (χ0) is 40.5. The molecule has 0 unspecified atom stereocenters. The van der Waals surface area contributed by atoms with Gasteiger partial charge in [0.05, 0.1) is 0 Å². The van der Waals surface area contributed by atoms with Gasteiger partial charge in [0.2, 0.25) is 0 Å². The maximum Gasteiger partial charge on any atom is 0.338 e. The van der Waals surface area contributed by atoms with Crippen molar-refractivity contribution in [2.75, 3.05) is 6.61 Å². The minimum atomic E-state index is -0.510. The maximum absolute atomic E-state index is 11.9. The molecule has 330 valence electrons. The zero-order valence-electron chi connectivity index (χ0n) is 37.8. The van der Waals surface area contributed by atoms with Crippen LogP contribution in [0.2, 0.25) is 0 Å². The number of carbonyl (C=O) groups is 2. The van der Waals surface area contributed by atoms with E-state index < -0.39 is 5.97 Å². The molecule has 0 heterocycles. The molecule has 0 aromatic carbocycles. The van der Waals surface area contributed by atoms with Gasteiger partial charge >= 0.3 is 11.9 Å². The number of ether oxygens (including phenoxy) is 1. The van der Waals surface area contributed by atoms with E-state index in [9.17, 15) is 9.59 Å². The molecule has 0 atom stereocenters. The molecule has 0 aromatic rings. The average molecular weight is 787 g/mol. The molecular weight excluding hydrogens is 689 g/mol. The van der Waals surface area contributed by atoms with Crippen LogP contribution >= 0.6 is 0 Å². The third-order valence-electron chi connectivity index (χ3n) is 11.6. The van der Waals surface area contributed by atoms with Crippen molar-refractivity contribution in [1.82, 2.24) is 0 Å². The van der Waals surface area contributed by atoms with Crippen LogP contribution in [-0.4, -0.2) is 23.7 Å². The Hall–Kier alpha value is -1.42. The van der Waals surface area contributed by atoms with Crippen molar-refractivity contribution in [3.63, 3.8) is 0 Å². The number of unbranched alkanes of at least 4 members (excludes halogenated alkanes) is 40. The zero-order valence-corrected chi connectivity index (χ0v) is 37.8. The number of rotatable bonds is 47. The number of hydrogen-bond acceptors (Lipinski definition) is 4. The molecule has 56 heavy (non-hydrogen) atoms. The van der Waals surface area contributed by atoms with Crippen molar-refractivity contribution in [2.45, 2.75) is 289 Å². The van der Waals surface area contributed by atoms with Crippen molar-refractivity contribution < 1.29 is 19.4 Å². The first-order valence-electron chi connectivity index (χ1n) is 25.4. The highest BCUT2D eigenvalue weighted by atomic mass is 16.6. The Balaban J connectivity index is 3.26. The highest BCUT2D eigenvalue weighted by Gasteiger charge is 2.07. The molecule has 0 aliphatic carbocycles. The lowest BCUT2D eigenvalue weighted by Crippen LogP contribution is -2.09. The van der Waals surface area contributed by atoms with Gasteiger partial charge in [0.1, 0.15) is 0 Å². The molecule has 4 heteroatoms. The van der Waals surface area contributed by atoms with Crippen molar-refractivity contribution >= 4 is 11.9 Å². The number of aliphatic hydroxyl groups is 1. The molecule has 0 bridgehead atoms. The Morgan fingerprint density at radius 3 is 0.946 bits per heavy atom. The Morgan fingerprint density at radius 2 is 0.625 bits per heavy atom. The van der Waals surface area contributed by atoms with Crippen molar-refractivity contribution in [3.05, 3.63) is 24.3 Å². The molecule has 0 aromatic heterocycles. The van der Waals surface area contributed by atoms with Crippen LogP contribution in [0, 0.1) is 0 Å². The summed E-state index contributed by atoms with van der Waals surface area (Å²) in [6, 6.07) is 0. The number of aliphatic hydroxyl groups excluding tert-OH is 1. The summed E-state index contributed by atoms with van der Waals surface area (Å²) < 4.78 is 4.95. The van der Waals surface area contributed by atoms with Gasteiger partial charge < -0.3 is 9.84 Å². The van der Waals surface area contributed by atoms with Crippen LogP contribution < -0.4 is 0 Å². The van der Waals surface area contributed by atoms with E-state index in [1.807, 2.05) is 6.08 Å². The molecule has 0 fully saturated rings. The van der Waals surface area contributed by atoms with Crippen LogP contribution in [-0.2, 0) is 14.3 Å². The third-order valence-corrected chi connectivity index (χ3v) is 11.6. The first-order chi connectivity index (χ1) is 27.7. The second-order valence-corrected chi connectivity index (χ2v) is 17.3. The second-order valence-electron chi connectivity index (χ2n) is 17.3. The summed E-state index contributed by atoms with van der Waals surface area (Å²) in [5, 5.41) is 8.82. The molecule has 0 saturated carbocycles. The smallest absolute Gasteiger partial charge is 0.338 e. The largest absolute Gasteiger partial charge is 0.396 e. The predicted octanol–water partition coefficient (Wildman–Crippen LogP) is 17.3. The van der Waals surface area contributed by atoms with Crippen LogP contribution in [0.1, 0.15) is 289 Å². The normalized spacial score (nSPS) is 11.8. The van der Waals surface area contributed by atoms with Gasteiger partial charge in [-0.25, -0.2) is 4.79 Å². The van der Waals surface area contributed by atoms with Crippen molar-refractivity contribution in [2.24, 2.45) is 0 Å². The summed E-state index contributed by atoms with van der Waals surface area (Å²) in [5.41, 5.74) is 0. The van der Waals surface area contributed by atoms with Crippen molar-refractivity contribution in [1.29, 1.82) is 0 Å². The maximum atomic E-state index is 11.9. The Labute approximate surface area is 350 Å². The van der Waals surface area contributed by atoms with Gasteiger partial charge in [-0.15, -0.1) is 0 Å². The van der Waals surface area contributed by atoms with Gasteiger partial charge in [0.25, 0.3) is 0 Å². The van der Waals surface area contributed by atoms with Crippen molar-refractivity contribution in [3.8, 4) is 0 Å². The molecule has 0 amide bonds. The third kappa shape index (κ3) is 48.7. The van der Waals surface area contributed by atoms with Gasteiger partial charge in [-0.05, 0) is 51.4 Å². The topological polar surface area (TPSA) is 63.6 Å². The van der Waals surface area contributed by atoms with Crippen LogP contribution in [0.3, 0.4) is 0 Å². The molecule has 1 N–H and O–H groups in total. The Bertz CT molecular complexity index is 833. The number of hydrogen-bond donors (Lipinski definition) is 1. The van der Waals surface area contributed by atoms with Gasteiger partial charge in [-0.1, -0.05) is 250 Å². The van der Waals surface area contributed by atoms with Crippen LogP contribution in [0.4, 0.5) is 0 Å². The number of carbonyl (C=O) groups excluding carboxylic acids is 2. The average Bonchev–Trinajstić information content (AvgIpc) is 3.19. The Kier molecular flexibility index (Phi) is 48.5. The predicted molar refractivity (Wildman–Crippen MR) is 245 cm³/mol. The summed E-state index contributed by atoms with van der Waals surface area (Å²) in [6.45, 7) is 2.62. The molecule has 0 aliphatic heterocycles. The Morgan fingerprint density at radius 1 is 0.357 bits per heavy atom. The lowest BCUT2D eigenvalue weighted by molar-refractivity contribution is -0.156. The molecule has 4 nitrogen and oxygen atoms in total. The monoisotopic (exact) mass is 787 g/mol. The van der Waals surface area contributed by atoms with Gasteiger partial charge in [-0.2, -0.15) is 0 Å². The summed E-state index contributed by atoms with van der Waals surface area (Å²) >= 11 is 0. The van der Waals surface area contributed by atoms with Gasteiger partial charge in [0.15, 0.2) is 0 Å². The summed E-state index contributed by atoms with van der Waals surface area (Å²) in [7, 11) is 0. The highest BCUT2D eigenvalue weighted by Crippen LogP contribution is 2.17. The fraction of sp³-hybridized carbons (Fsp3) is 0.885. The minimum absolute atomic E-state index is 0.342. The van der Waals surface area contributed by atoms with Gasteiger partial charge in [-0.3, -0.25) is 4.79 Å². The number of allylic oxidation sites excluding steroid dienone is 3. The van der Waals surface area contributed by atoms with E-state index in [1.54, 1.807) is 0 Å². The fourth-order valence-electron chi connectivity index (χ4n) is 7.86. The van der Waals surface area contributed by atoms with E-state index in [1.165, 1.54) is 237 Å². The SMILES string of the molecule is CCCCCC/C=C\CCCCCCCC(=O)OC(=O)C=CCCCCCCCCCCCCCCCCCCCCCCCCCCCCCCCCCO. The minimum Gasteiger partial charge on any atom is -0.396 e. The molecule has 0 spiro atoms. The van der Waals surface area contributed by atoms with E-state index >= 15 is 0 Å².